The molecule has 0 aromatic carbocycles. The fourth-order valence-electron chi connectivity index (χ4n) is 2.37. The van der Waals surface area contributed by atoms with Crippen LogP contribution in [0.25, 0.3) is 0 Å². The van der Waals surface area contributed by atoms with E-state index in [-0.39, 0.29) is 24.8 Å². The van der Waals surface area contributed by atoms with Crippen molar-refractivity contribution >= 4 is 11.8 Å². The van der Waals surface area contributed by atoms with Gasteiger partial charge in [-0.15, -0.1) is 0 Å². The van der Waals surface area contributed by atoms with Gasteiger partial charge in [0.25, 0.3) is 5.91 Å². The summed E-state index contributed by atoms with van der Waals surface area (Å²) in [4.78, 5) is 25.7. The van der Waals surface area contributed by atoms with Crippen LogP contribution in [0.15, 0.2) is 12.3 Å². The van der Waals surface area contributed by atoms with Crippen molar-refractivity contribution in [3.63, 3.8) is 0 Å². The summed E-state index contributed by atoms with van der Waals surface area (Å²) in [5.74, 6) is -0.350. The molecule has 7 nitrogen and oxygen atoms in total. The number of hydrogen-bond acceptors (Lipinski definition) is 4. The fourth-order valence-corrected chi connectivity index (χ4v) is 2.37. The van der Waals surface area contributed by atoms with Crippen molar-refractivity contribution in [1.82, 2.24) is 14.8 Å². The van der Waals surface area contributed by atoms with E-state index >= 15 is 0 Å². The smallest absolute Gasteiger partial charge is 0.253 e. The molecule has 22 heavy (non-hydrogen) atoms. The molecule has 2 amide bonds. The second kappa shape index (κ2) is 7.42. The minimum atomic E-state index is -0.886. The number of morpholine rings is 1. The Balaban J connectivity index is 1.77. The molecule has 2 heterocycles. The third-order valence-corrected chi connectivity index (χ3v) is 3.90. The van der Waals surface area contributed by atoms with Gasteiger partial charge in [0.05, 0.1) is 31.3 Å². The molecule has 1 saturated heterocycles. The van der Waals surface area contributed by atoms with E-state index in [1.54, 1.807) is 11.0 Å². The van der Waals surface area contributed by atoms with Crippen LogP contribution in [0.3, 0.4) is 0 Å². The molecule has 7 heteroatoms. The molecule has 0 radical (unpaired) electrons. The molecule has 1 aromatic heterocycles. The molecule has 122 valence electrons. The lowest BCUT2D eigenvalue weighted by molar-refractivity contribution is -0.137. The van der Waals surface area contributed by atoms with Crippen molar-refractivity contribution in [3.8, 4) is 0 Å². The standard InChI is InChI=1S/C15H23N3O4/c1-11-13(3-4-17(11)2)15(21)16-10-12(19)9-14(20)18-5-7-22-8-6-18/h3-4,12,19H,5-10H2,1-2H3,(H,16,21). The predicted octanol–water partition coefficient (Wildman–Crippen LogP) is -0.327. The van der Waals surface area contributed by atoms with Gasteiger partial charge in [-0.25, -0.2) is 0 Å². The number of nitrogens with one attached hydrogen (secondary N) is 1. The molecule has 2 rings (SSSR count). The van der Waals surface area contributed by atoms with Crippen molar-refractivity contribution in [1.29, 1.82) is 0 Å². The molecule has 0 saturated carbocycles. The number of nitrogens with zero attached hydrogens (tertiary/aromatic N) is 2. The van der Waals surface area contributed by atoms with Crippen LogP contribution in [0.1, 0.15) is 22.5 Å². The Labute approximate surface area is 129 Å². The van der Waals surface area contributed by atoms with Crippen LogP contribution in [-0.2, 0) is 16.6 Å². The first-order valence-corrected chi connectivity index (χ1v) is 7.42. The minimum Gasteiger partial charge on any atom is -0.391 e. The molecule has 1 aromatic rings. The number of aryl methyl sites for hydroxylation is 1. The van der Waals surface area contributed by atoms with E-state index in [1.807, 2.05) is 24.7 Å². The van der Waals surface area contributed by atoms with E-state index in [9.17, 15) is 14.7 Å². The van der Waals surface area contributed by atoms with Gasteiger partial charge in [0.15, 0.2) is 0 Å². The lowest BCUT2D eigenvalue weighted by Gasteiger charge is -2.27. The Kier molecular flexibility index (Phi) is 5.57. The average Bonchev–Trinajstić information content (AvgIpc) is 2.85. The molecule has 1 aliphatic heterocycles. The summed E-state index contributed by atoms with van der Waals surface area (Å²) in [5, 5.41) is 12.6. The van der Waals surface area contributed by atoms with Gasteiger partial charge in [0, 0.05) is 38.6 Å². The van der Waals surface area contributed by atoms with Crippen LogP contribution < -0.4 is 5.32 Å². The quantitative estimate of drug-likeness (QED) is 0.780. The van der Waals surface area contributed by atoms with E-state index in [0.29, 0.717) is 31.9 Å². The normalized spacial score (nSPS) is 16.4. The van der Waals surface area contributed by atoms with Crippen LogP contribution in [-0.4, -0.2) is 65.3 Å². The third-order valence-electron chi connectivity index (χ3n) is 3.90. The fraction of sp³-hybridized carbons (Fsp3) is 0.600. The molecule has 1 unspecified atom stereocenters. The first kappa shape index (κ1) is 16.5. The summed E-state index contributed by atoms with van der Waals surface area (Å²) in [7, 11) is 1.86. The van der Waals surface area contributed by atoms with E-state index in [1.165, 1.54) is 0 Å². The van der Waals surface area contributed by atoms with Gasteiger partial charge in [-0.2, -0.15) is 0 Å². The summed E-state index contributed by atoms with van der Waals surface area (Å²) in [6.45, 7) is 4.09. The first-order valence-electron chi connectivity index (χ1n) is 7.42. The molecule has 1 fully saturated rings. The van der Waals surface area contributed by atoms with Gasteiger partial charge in [-0.3, -0.25) is 9.59 Å². The molecular weight excluding hydrogens is 286 g/mol. The molecule has 1 aliphatic rings. The summed E-state index contributed by atoms with van der Waals surface area (Å²) >= 11 is 0. The summed E-state index contributed by atoms with van der Waals surface area (Å²) in [6.07, 6.45) is 0.930. The van der Waals surface area contributed by atoms with Crippen LogP contribution in [0, 0.1) is 6.92 Å². The Morgan fingerprint density at radius 2 is 2.09 bits per heavy atom. The maximum absolute atomic E-state index is 12.0. The number of rotatable bonds is 5. The lowest BCUT2D eigenvalue weighted by Crippen LogP contribution is -2.43. The second-order valence-electron chi connectivity index (χ2n) is 5.49. The lowest BCUT2D eigenvalue weighted by atomic mass is 10.2. The highest BCUT2D eigenvalue weighted by Crippen LogP contribution is 2.08. The molecule has 2 N–H and O–H groups in total. The van der Waals surface area contributed by atoms with Crippen molar-refractivity contribution in [2.45, 2.75) is 19.4 Å². The van der Waals surface area contributed by atoms with Crippen molar-refractivity contribution in [2.24, 2.45) is 7.05 Å². The summed E-state index contributed by atoms with van der Waals surface area (Å²) in [5.41, 5.74) is 1.44. The molecule has 1 atom stereocenters. The maximum atomic E-state index is 12.0. The monoisotopic (exact) mass is 309 g/mol. The van der Waals surface area contributed by atoms with Gasteiger partial charge < -0.3 is 24.6 Å². The zero-order valence-electron chi connectivity index (χ0n) is 13.0. The van der Waals surface area contributed by atoms with Crippen molar-refractivity contribution in [2.75, 3.05) is 32.8 Å². The van der Waals surface area contributed by atoms with Gasteiger partial charge in [0.2, 0.25) is 5.91 Å². The molecule has 0 aliphatic carbocycles. The summed E-state index contributed by atoms with van der Waals surface area (Å²) in [6, 6.07) is 1.73. The Morgan fingerprint density at radius 3 is 2.68 bits per heavy atom. The third kappa shape index (κ3) is 4.08. The Bertz CT molecular complexity index is 535. The minimum absolute atomic E-state index is 0.00799. The molecular formula is C15H23N3O4. The first-order chi connectivity index (χ1) is 10.5. The number of ether oxygens (including phenoxy) is 1. The topological polar surface area (TPSA) is 83.8 Å². The van der Waals surface area contributed by atoms with Crippen LogP contribution in [0.4, 0.5) is 0 Å². The van der Waals surface area contributed by atoms with Crippen molar-refractivity contribution in [3.05, 3.63) is 23.5 Å². The van der Waals surface area contributed by atoms with E-state index < -0.39 is 6.10 Å². The van der Waals surface area contributed by atoms with Gasteiger partial charge in [-0.05, 0) is 13.0 Å². The van der Waals surface area contributed by atoms with E-state index in [0.717, 1.165) is 5.69 Å². The van der Waals surface area contributed by atoms with Crippen LogP contribution in [0.5, 0.6) is 0 Å². The maximum Gasteiger partial charge on any atom is 0.253 e. The van der Waals surface area contributed by atoms with Gasteiger partial charge >= 0.3 is 0 Å². The van der Waals surface area contributed by atoms with Gasteiger partial charge in [0.1, 0.15) is 0 Å². The Hall–Kier alpha value is -1.86. The zero-order valence-corrected chi connectivity index (χ0v) is 13.0. The number of aliphatic hydroxyl groups is 1. The largest absolute Gasteiger partial charge is 0.391 e. The number of hydrogen-bond donors (Lipinski definition) is 2. The summed E-state index contributed by atoms with van der Waals surface area (Å²) < 4.78 is 7.04. The highest BCUT2D eigenvalue weighted by atomic mass is 16.5. The number of carbonyl (C=O) groups is 2. The highest BCUT2D eigenvalue weighted by molar-refractivity contribution is 5.95. The van der Waals surface area contributed by atoms with Crippen LogP contribution >= 0.6 is 0 Å². The van der Waals surface area contributed by atoms with Crippen molar-refractivity contribution < 1.29 is 19.4 Å². The SMILES string of the molecule is Cc1c(C(=O)NCC(O)CC(=O)N2CCOCC2)ccn1C. The number of carbonyl (C=O) groups excluding carboxylic acids is 2. The Morgan fingerprint density at radius 1 is 1.41 bits per heavy atom. The number of amides is 2. The number of aliphatic hydroxyl groups excluding tert-OH is 1. The predicted molar refractivity (Wildman–Crippen MR) is 80.5 cm³/mol. The number of aromatic nitrogens is 1. The van der Waals surface area contributed by atoms with E-state index in [2.05, 4.69) is 5.32 Å². The molecule has 0 spiro atoms. The second-order valence-corrected chi connectivity index (χ2v) is 5.49. The van der Waals surface area contributed by atoms with Gasteiger partial charge in [-0.1, -0.05) is 0 Å². The zero-order chi connectivity index (χ0) is 16.1. The average molecular weight is 309 g/mol. The van der Waals surface area contributed by atoms with Crippen LogP contribution in [0.2, 0.25) is 0 Å². The highest BCUT2D eigenvalue weighted by Gasteiger charge is 2.20. The van der Waals surface area contributed by atoms with E-state index in [4.69, 9.17) is 4.74 Å². The molecule has 0 bridgehead atoms.